The Morgan fingerprint density at radius 3 is 2.44 bits per heavy atom. The van der Waals surface area contributed by atoms with E-state index in [4.69, 9.17) is 10.5 Å². The summed E-state index contributed by atoms with van der Waals surface area (Å²) in [6.45, 7) is 4.27. The van der Waals surface area contributed by atoms with Gasteiger partial charge in [-0.15, -0.1) is 0 Å². The Hall–Kier alpha value is -1.38. The number of fused-ring (bicyclic) bond motifs is 3. The predicted octanol–water partition coefficient (Wildman–Crippen LogP) is 7.32. The molecule has 8 rings (SSSR count). The molecule has 7 N–H and O–H groups in total. The number of carbonyl (C=O) groups is 2. The molecule has 10 unspecified atom stereocenters. The van der Waals surface area contributed by atoms with Crippen LogP contribution in [0.3, 0.4) is 0 Å². The van der Waals surface area contributed by atoms with Crippen molar-refractivity contribution in [3.05, 3.63) is 0 Å². The molecule has 19 atom stereocenters. The molecule has 2 aliphatic heterocycles. The van der Waals surface area contributed by atoms with Gasteiger partial charge in [0.15, 0.2) is 5.78 Å². The van der Waals surface area contributed by atoms with Crippen molar-refractivity contribution in [2.24, 2.45) is 82.2 Å². The first-order chi connectivity index (χ1) is 29.5. The van der Waals surface area contributed by atoms with Gasteiger partial charge in [0.1, 0.15) is 11.2 Å². The molecule has 0 amide bonds. The van der Waals surface area contributed by atoms with E-state index in [9.17, 15) is 24.9 Å². The number of ketones is 2. The highest BCUT2D eigenvalue weighted by Crippen LogP contribution is 2.51. The molecule has 6 aliphatic carbocycles. The molecule has 0 aromatic heterocycles. The number of nitrogens with one attached hydrogen (secondary N) is 2. The second kappa shape index (κ2) is 20.8. The van der Waals surface area contributed by atoms with Crippen LogP contribution < -0.4 is 16.4 Å². The maximum absolute atomic E-state index is 14.4. The van der Waals surface area contributed by atoms with E-state index in [0.717, 1.165) is 89.1 Å². The van der Waals surface area contributed by atoms with Gasteiger partial charge in [-0.1, -0.05) is 57.3 Å². The lowest BCUT2D eigenvalue weighted by Crippen LogP contribution is -2.52. The van der Waals surface area contributed by atoms with Gasteiger partial charge in [0.25, 0.3) is 0 Å². The number of Topliss-reactive ketones (excluding diaryl/α,β-unsaturated/α-hetero) is 2. The fourth-order valence-corrected chi connectivity index (χ4v) is 15.4. The second-order valence-corrected chi connectivity index (χ2v) is 22.5. The summed E-state index contributed by atoms with van der Waals surface area (Å²) in [6, 6.07) is 0.358. The minimum absolute atomic E-state index is 0.0197. The lowest BCUT2D eigenvalue weighted by Gasteiger charge is -2.48. The van der Waals surface area contributed by atoms with E-state index in [1.807, 2.05) is 0 Å². The number of nitrogens with two attached hydrogens (primary N) is 1. The Morgan fingerprint density at radius 2 is 1.64 bits per heavy atom. The summed E-state index contributed by atoms with van der Waals surface area (Å²) in [6.07, 6.45) is 22.2. The normalized spacial score (nSPS) is 45.5. The average Bonchev–Trinajstić information content (AvgIpc) is 3.32. The molecule has 0 aromatic carbocycles. The highest BCUT2D eigenvalue weighted by Gasteiger charge is 2.50. The van der Waals surface area contributed by atoms with Gasteiger partial charge >= 0.3 is 0 Å². The summed E-state index contributed by atoms with van der Waals surface area (Å²) in [5.74, 6) is 13.6. The highest BCUT2D eigenvalue weighted by atomic mass is 16.5. The van der Waals surface area contributed by atoms with E-state index < -0.39 is 23.7 Å². The van der Waals surface area contributed by atoms with Gasteiger partial charge < -0.3 is 36.4 Å². The van der Waals surface area contributed by atoms with Crippen molar-refractivity contribution in [1.29, 1.82) is 0 Å². The summed E-state index contributed by atoms with van der Waals surface area (Å²) in [5, 5.41) is 42.8. The molecule has 7 fully saturated rings. The van der Waals surface area contributed by atoms with Crippen molar-refractivity contribution in [1.82, 2.24) is 10.6 Å². The van der Waals surface area contributed by atoms with Crippen molar-refractivity contribution >= 4 is 11.6 Å². The minimum Gasteiger partial charge on any atom is -0.393 e. The van der Waals surface area contributed by atoms with Gasteiger partial charge in [-0.3, -0.25) is 9.59 Å². The van der Waals surface area contributed by atoms with Crippen LogP contribution in [0.15, 0.2) is 0 Å². The van der Waals surface area contributed by atoms with Crippen molar-refractivity contribution in [3.8, 4) is 11.8 Å². The van der Waals surface area contributed by atoms with Crippen molar-refractivity contribution < 1.29 is 29.6 Å². The summed E-state index contributed by atoms with van der Waals surface area (Å²) in [5.41, 5.74) is 5.58. The lowest BCUT2D eigenvalue weighted by atomic mass is 9.60. The van der Waals surface area contributed by atoms with Gasteiger partial charge in [0, 0.05) is 38.3 Å². The smallest absolute Gasteiger partial charge is 0.153 e. The molecule has 2 heterocycles. The average molecular weight is 848 g/mol. The van der Waals surface area contributed by atoms with Gasteiger partial charge in [-0.05, 0) is 181 Å². The first-order valence-corrected chi connectivity index (χ1v) is 25.9. The van der Waals surface area contributed by atoms with Crippen LogP contribution in [0.5, 0.6) is 0 Å². The van der Waals surface area contributed by atoms with E-state index in [0.29, 0.717) is 98.2 Å². The largest absolute Gasteiger partial charge is 0.393 e. The topological polar surface area (TPSA) is 154 Å². The molecule has 9 heteroatoms. The van der Waals surface area contributed by atoms with Crippen LogP contribution in [0.1, 0.15) is 167 Å². The number of aliphatic hydroxyl groups is 3. The molecular weight excluding hydrogens is 763 g/mol. The van der Waals surface area contributed by atoms with Crippen LogP contribution in [-0.4, -0.2) is 83.7 Å². The molecule has 0 aromatic rings. The van der Waals surface area contributed by atoms with E-state index in [1.54, 1.807) is 7.11 Å². The third-order valence-corrected chi connectivity index (χ3v) is 19.2. The van der Waals surface area contributed by atoms with Crippen LogP contribution in [-0.2, 0) is 14.3 Å². The van der Waals surface area contributed by atoms with E-state index >= 15 is 0 Å². The zero-order chi connectivity index (χ0) is 42.7. The number of aliphatic hydroxyl groups excluding tert-OH is 3. The molecule has 8 aliphatic rings. The molecule has 1 spiro atoms. The van der Waals surface area contributed by atoms with Gasteiger partial charge in [0.05, 0.1) is 30.6 Å². The Labute approximate surface area is 369 Å². The third-order valence-electron chi connectivity index (χ3n) is 19.2. The fourth-order valence-electron chi connectivity index (χ4n) is 15.4. The SMILES string of the molecule is CCC1CNC(N)CC1[C@H](C[C@H](O)CC[C@@H]1C#C[C@]2(CC[C@H](CC[C@H]3CN[C@@H]4CC(=O)CC[C@H]4C3)C[C@H]2O)C(=O)CCC2CC(OC)C(O)CC21)C1CCC2CCCCC2C1. The zero-order valence-electron chi connectivity index (χ0n) is 38.1. The second-order valence-electron chi connectivity index (χ2n) is 22.5. The maximum atomic E-state index is 14.4. The number of rotatable bonds is 12. The monoisotopic (exact) mass is 848 g/mol. The Kier molecular flexibility index (Phi) is 15.8. The predicted molar refractivity (Wildman–Crippen MR) is 240 cm³/mol. The first-order valence-electron chi connectivity index (χ1n) is 25.9. The van der Waals surface area contributed by atoms with E-state index in [-0.39, 0.29) is 35.8 Å². The van der Waals surface area contributed by atoms with Crippen LogP contribution >= 0.6 is 0 Å². The maximum Gasteiger partial charge on any atom is 0.153 e. The van der Waals surface area contributed by atoms with Crippen molar-refractivity contribution in [3.63, 3.8) is 0 Å². The van der Waals surface area contributed by atoms with Crippen LogP contribution in [0, 0.1) is 88.3 Å². The molecular formula is C52H85N3O6. The number of ether oxygens (including phenoxy) is 1. The highest BCUT2D eigenvalue weighted by molar-refractivity contribution is 5.89. The molecule has 0 bridgehead atoms. The quantitative estimate of drug-likeness (QED) is 0.111. The Bertz CT molecular complexity index is 1530. The van der Waals surface area contributed by atoms with Crippen LogP contribution in [0.4, 0.5) is 0 Å². The first kappa shape index (κ1) is 46.2. The summed E-state index contributed by atoms with van der Waals surface area (Å²) >= 11 is 0. The molecule has 0 radical (unpaired) electrons. The van der Waals surface area contributed by atoms with Crippen molar-refractivity contribution in [2.75, 3.05) is 20.2 Å². The molecule has 9 nitrogen and oxygen atoms in total. The number of piperidine rings is 2. The summed E-state index contributed by atoms with van der Waals surface area (Å²) in [7, 11) is 1.68. The minimum atomic E-state index is -1.04. The summed E-state index contributed by atoms with van der Waals surface area (Å²) in [4.78, 5) is 26.4. The number of carbonyl (C=O) groups excluding carboxylic acids is 2. The Morgan fingerprint density at radius 1 is 0.836 bits per heavy atom. The summed E-state index contributed by atoms with van der Waals surface area (Å²) < 4.78 is 5.79. The molecule has 344 valence electrons. The van der Waals surface area contributed by atoms with Crippen LogP contribution in [0.2, 0.25) is 0 Å². The fraction of sp³-hybridized carbons (Fsp3) is 0.923. The van der Waals surface area contributed by atoms with E-state index in [2.05, 4.69) is 29.4 Å². The molecule has 61 heavy (non-hydrogen) atoms. The van der Waals surface area contributed by atoms with Crippen LogP contribution in [0.25, 0.3) is 0 Å². The number of hydrogen-bond donors (Lipinski definition) is 6. The van der Waals surface area contributed by atoms with Gasteiger partial charge in [-0.2, -0.15) is 0 Å². The van der Waals surface area contributed by atoms with Crippen molar-refractivity contribution in [2.45, 2.75) is 204 Å². The van der Waals surface area contributed by atoms with Gasteiger partial charge in [0.2, 0.25) is 0 Å². The molecule has 5 saturated carbocycles. The lowest BCUT2D eigenvalue weighted by molar-refractivity contribution is -0.135. The number of hydrogen-bond acceptors (Lipinski definition) is 9. The molecule has 2 saturated heterocycles. The zero-order valence-corrected chi connectivity index (χ0v) is 38.1. The third kappa shape index (κ3) is 10.7. The number of methoxy groups -OCH3 is 1. The Balaban J connectivity index is 0.958. The standard InChI is InChI=1S/C52H85N3O6/c1-3-34-31-55-51(53)29-45(34)44(38-11-10-35-6-4-5-7-37(35)24-38)26-41(56)15-12-36-19-21-52(49(59)17-14-39-25-48(61-2)47(58)28-43(36)39)20-18-32(23-50(52)60)8-9-33-22-40-13-16-42(57)27-46(40)54-30-33/h32-41,43-48,50-51,54-56,58,60H,3-18,20,22-31,53H2,1-2H3/t32-,33+,34?,35?,36+,37?,38?,39?,40-,41+,43?,44+,45?,46+,47?,48?,50+,51?,52+/m0/s1. The van der Waals surface area contributed by atoms with Gasteiger partial charge in [-0.25, -0.2) is 0 Å². The van der Waals surface area contributed by atoms with E-state index in [1.165, 1.54) is 51.4 Å².